The van der Waals surface area contributed by atoms with E-state index in [1.54, 1.807) is 16.6 Å². The summed E-state index contributed by atoms with van der Waals surface area (Å²) in [4.78, 5) is 54.2. The van der Waals surface area contributed by atoms with Gasteiger partial charge in [0, 0.05) is 83.3 Å². The fraction of sp³-hybridized carbons (Fsp3) is 0.567. The van der Waals surface area contributed by atoms with E-state index in [0.717, 1.165) is 38.1 Å². The minimum absolute atomic E-state index is 0.145. The molecule has 12 nitrogen and oxygen atoms in total. The molecule has 2 amide bonds. The van der Waals surface area contributed by atoms with E-state index in [4.69, 9.17) is 14.9 Å². The molecule has 2 saturated heterocycles. The highest BCUT2D eigenvalue weighted by molar-refractivity contribution is 5.95. The first-order valence-corrected chi connectivity index (χ1v) is 14.7. The van der Waals surface area contributed by atoms with Crippen LogP contribution in [-0.4, -0.2) is 106 Å². The summed E-state index contributed by atoms with van der Waals surface area (Å²) in [6, 6.07) is 1.98. The van der Waals surface area contributed by atoms with Gasteiger partial charge in [-0.1, -0.05) is 13.8 Å². The number of carboxylic acid groups (broad SMARTS) is 2. The van der Waals surface area contributed by atoms with E-state index in [1.807, 2.05) is 18.7 Å². The number of likely N-dealkylation sites (tertiary alicyclic amines) is 1. The zero-order valence-corrected chi connectivity index (χ0v) is 25.3. The Morgan fingerprint density at radius 2 is 1.75 bits per heavy atom. The molecule has 0 bridgehead atoms. The van der Waals surface area contributed by atoms with Crippen molar-refractivity contribution in [1.82, 2.24) is 24.7 Å². The van der Waals surface area contributed by atoms with Crippen molar-refractivity contribution in [2.45, 2.75) is 52.1 Å². The van der Waals surface area contributed by atoms with E-state index in [2.05, 4.69) is 10.3 Å². The van der Waals surface area contributed by atoms with Crippen molar-refractivity contribution < 1.29 is 42.9 Å². The highest BCUT2D eigenvalue weighted by Gasteiger charge is 2.37. The summed E-state index contributed by atoms with van der Waals surface area (Å²) in [7, 11) is 1.63. The van der Waals surface area contributed by atoms with E-state index in [0.29, 0.717) is 63.3 Å². The fourth-order valence-corrected chi connectivity index (χ4v) is 5.23. The fourth-order valence-electron chi connectivity index (χ4n) is 5.23. The number of aryl methyl sites for hydroxylation is 1. The number of nitrogens with one attached hydrogen (secondary N) is 1. The van der Waals surface area contributed by atoms with Crippen LogP contribution in [0.3, 0.4) is 0 Å². The minimum atomic E-state index is -1.26. The maximum absolute atomic E-state index is 14.1. The number of halogens is 2. The molecule has 4 rings (SSSR count). The van der Waals surface area contributed by atoms with E-state index in [9.17, 15) is 28.0 Å². The Morgan fingerprint density at radius 1 is 1.09 bits per heavy atom. The van der Waals surface area contributed by atoms with Crippen molar-refractivity contribution in [1.29, 1.82) is 0 Å². The number of aliphatic carboxylic acids is 2. The van der Waals surface area contributed by atoms with Crippen LogP contribution in [0.4, 0.5) is 8.78 Å². The number of ether oxygens (including phenoxy) is 1. The third kappa shape index (κ3) is 9.29. The van der Waals surface area contributed by atoms with Crippen LogP contribution < -0.4 is 5.32 Å². The quantitative estimate of drug-likeness (QED) is 0.240. The number of carbonyl (C=O) groups excluding carboxylic acids is 2. The number of carbonyl (C=O) groups is 4. The van der Waals surface area contributed by atoms with Gasteiger partial charge in [0.05, 0.1) is 17.0 Å². The molecule has 2 aromatic rings. The summed E-state index contributed by atoms with van der Waals surface area (Å²) < 4.78 is 35.0. The molecule has 2 aliphatic heterocycles. The molecule has 0 saturated carbocycles. The summed E-state index contributed by atoms with van der Waals surface area (Å²) in [5.74, 6) is -4.43. The third-order valence-electron chi connectivity index (χ3n) is 7.44. The maximum atomic E-state index is 14.1. The predicted molar refractivity (Wildman–Crippen MR) is 157 cm³/mol. The molecule has 1 aromatic heterocycles. The van der Waals surface area contributed by atoms with Gasteiger partial charge in [-0.05, 0) is 31.6 Å². The average Bonchev–Trinajstić information content (AvgIpc) is 3.29. The van der Waals surface area contributed by atoms with Gasteiger partial charge in [0.2, 0.25) is 5.91 Å². The Hall–Kier alpha value is -3.91. The lowest BCUT2D eigenvalue weighted by molar-refractivity contribution is -0.140. The van der Waals surface area contributed by atoms with Gasteiger partial charge in [-0.3, -0.25) is 9.59 Å². The van der Waals surface area contributed by atoms with Crippen molar-refractivity contribution in [2.24, 2.45) is 11.8 Å². The van der Waals surface area contributed by atoms with Crippen LogP contribution in [0.1, 0.15) is 50.1 Å². The number of carboxylic acids is 2. The van der Waals surface area contributed by atoms with E-state index in [1.165, 1.54) is 0 Å². The Morgan fingerprint density at radius 3 is 2.32 bits per heavy atom. The second-order valence-corrected chi connectivity index (χ2v) is 11.3. The smallest absolute Gasteiger partial charge is 0.328 e. The molecule has 242 valence electrons. The molecule has 2 fully saturated rings. The van der Waals surface area contributed by atoms with Crippen LogP contribution >= 0.6 is 0 Å². The summed E-state index contributed by atoms with van der Waals surface area (Å²) in [6.07, 6.45) is 4.19. The molecule has 0 spiro atoms. The summed E-state index contributed by atoms with van der Waals surface area (Å²) in [5.41, 5.74) is 0.646. The van der Waals surface area contributed by atoms with E-state index < -0.39 is 23.6 Å². The van der Waals surface area contributed by atoms with Crippen LogP contribution in [0.2, 0.25) is 0 Å². The minimum Gasteiger partial charge on any atom is -0.478 e. The Balaban J connectivity index is 0.000000583. The predicted octanol–water partition coefficient (Wildman–Crippen LogP) is 2.76. The first-order valence-electron chi connectivity index (χ1n) is 14.7. The van der Waals surface area contributed by atoms with Crippen LogP contribution in [0, 0.1) is 23.5 Å². The lowest BCUT2D eigenvalue weighted by Gasteiger charge is -2.41. The van der Waals surface area contributed by atoms with Crippen LogP contribution in [-0.2, 0) is 25.7 Å². The summed E-state index contributed by atoms with van der Waals surface area (Å²) in [6.45, 7) is 8.36. The van der Waals surface area contributed by atoms with Gasteiger partial charge in [0.25, 0.3) is 5.91 Å². The Bertz CT molecular complexity index is 1340. The van der Waals surface area contributed by atoms with E-state index >= 15 is 0 Å². The molecule has 0 radical (unpaired) electrons. The first kappa shape index (κ1) is 34.6. The first-order chi connectivity index (χ1) is 20.9. The van der Waals surface area contributed by atoms with Crippen LogP contribution in [0.25, 0.3) is 11.0 Å². The SMILES string of the molecule is COCCCCn1c(C(=O)N(CC(C)C)[C@@H]2CNC[C@H](C(=O)N3CCC3)C2)nc2cc(F)c(F)cc21.O=C(O)/C=C/C(=O)O. The second-order valence-electron chi connectivity index (χ2n) is 11.3. The zero-order chi connectivity index (χ0) is 32.4. The van der Waals surface area contributed by atoms with Crippen molar-refractivity contribution in [3.05, 3.63) is 41.7 Å². The summed E-state index contributed by atoms with van der Waals surface area (Å²) >= 11 is 0. The molecular weight excluding hydrogens is 580 g/mol. The van der Waals surface area contributed by atoms with Crippen molar-refractivity contribution >= 4 is 34.8 Å². The molecule has 2 atom stereocenters. The number of amides is 2. The average molecular weight is 622 g/mol. The lowest BCUT2D eigenvalue weighted by Crippen LogP contribution is -2.56. The second kappa shape index (κ2) is 16.2. The number of imidazole rings is 1. The maximum Gasteiger partial charge on any atom is 0.328 e. The van der Waals surface area contributed by atoms with Crippen molar-refractivity contribution in [3.63, 3.8) is 0 Å². The molecule has 3 heterocycles. The number of unbranched alkanes of at least 4 members (excludes halogenated alkanes) is 1. The van der Waals surface area contributed by atoms with Gasteiger partial charge < -0.3 is 34.6 Å². The van der Waals surface area contributed by atoms with Gasteiger partial charge in [-0.15, -0.1) is 0 Å². The number of aromatic nitrogens is 2. The van der Waals surface area contributed by atoms with Gasteiger partial charge in [0.15, 0.2) is 17.5 Å². The molecule has 3 N–H and O–H groups in total. The number of nitrogens with zero attached hydrogens (tertiary/aromatic N) is 4. The van der Waals surface area contributed by atoms with Crippen molar-refractivity contribution in [2.75, 3.05) is 46.4 Å². The molecular formula is C30H41F2N5O7. The third-order valence-corrected chi connectivity index (χ3v) is 7.44. The zero-order valence-electron chi connectivity index (χ0n) is 25.3. The van der Waals surface area contributed by atoms with Gasteiger partial charge >= 0.3 is 11.9 Å². The highest BCUT2D eigenvalue weighted by atomic mass is 19.2. The molecule has 14 heteroatoms. The van der Waals surface area contributed by atoms with Crippen molar-refractivity contribution in [3.8, 4) is 0 Å². The van der Waals surface area contributed by atoms with E-state index in [-0.39, 0.29) is 41.0 Å². The topological polar surface area (TPSA) is 154 Å². The normalized spacial score (nSPS) is 18.2. The van der Waals surface area contributed by atoms with Gasteiger partial charge in [-0.25, -0.2) is 23.4 Å². The standard InChI is InChI=1S/C26H37F2N5O3.C4H4O4/c1-17(2)16-33(19-11-18(14-29-15-19)25(34)31-7-6-8-31)26(35)24-30-22-12-20(27)21(28)13-23(22)32(24)9-4-5-10-36-3;5-3(6)1-2-4(7)8/h12-13,17-19,29H,4-11,14-16H2,1-3H3;1-2H,(H,5,6)(H,7,8)/b;2-1+/t18-,19+;/m1./s1. The number of benzene rings is 1. The number of fused-ring (bicyclic) bond motifs is 1. The van der Waals surface area contributed by atoms with Gasteiger partial charge in [0.1, 0.15) is 0 Å². The molecule has 0 aliphatic carbocycles. The van der Waals surface area contributed by atoms with Gasteiger partial charge in [-0.2, -0.15) is 0 Å². The van der Waals surface area contributed by atoms with Crippen LogP contribution in [0.5, 0.6) is 0 Å². The molecule has 44 heavy (non-hydrogen) atoms. The Labute approximate surface area is 254 Å². The number of piperidine rings is 1. The lowest BCUT2D eigenvalue weighted by atomic mass is 9.92. The number of hydrogen-bond donors (Lipinski definition) is 3. The number of methoxy groups -OCH3 is 1. The monoisotopic (exact) mass is 621 g/mol. The Kier molecular flexibility index (Phi) is 12.8. The molecule has 1 aromatic carbocycles. The highest BCUT2D eigenvalue weighted by Crippen LogP contribution is 2.26. The largest absolute Gasteiger partial charge is 0.478 e. The summed E-state index contributed by atoms with van der Waals surface area (Å²) in [5, 5.41) is 19.0. The molecule has 2 aliphatic rings. The number of hydrogen-bond acceptors (Lipinski definition) is 7. The number of rotatable bonds is 12. The van der Waals surface area contributed by atoms with Crippen LogP contribution in [0.15, 0.2) is 24.3 Å². The molecule has 0 unspecified atom stereocenters.